The number of aromatic nitrogens is 1. The Labute approximate surface area is 144 Å². The molecule has 2 N–H and O–H groups in total. The Morgan fingerprint density at radius 1 is 1.12 bits per heavy atom. The Bertz CT molecular complexity index is 690. The summed E-state index contributed by atoms with van der Waals surface area (Å²) in [5.74, 6) is 0.864. The monoisotopic (exact) mass is 322 g/mol. The van der Waals surface area contributed by atoms with E-state index in [1.165, 1.54) is 24.0 Å². The van der Waals surface area contributed by atoms with Crippen LogP contribution in [0.3, 0.4) is 0 Å². The van der Waals surface area contributed by atoms with Crippen molar-refractivity contribution in [2.75, 3.05) is 13.1 Å². The third-order valence-corrected chi connectivity index (χ3v) is 4.63. The van der Waals surface area contributed by atoms with Crippen molar-refractivity contribution in [3.8, 4) is 0 Å². The van der Waals surface area contributed by atoms with E-state index in [1.54, 1.807) is 0 Å². The zero-order chi connectivity index (χ0) is 16.8. The predicted molar refractivity (Wildman–Crippen MR) is 99.1 cm³/mol. The van der Waals surface area contributed by atoms with E-state index in [0.29, 0.717) is 6.54 Å². The Morgan fingerprint density at radius 2 is 1.92 bits per heavy atom. The van der Waals surface area contributed by atoms with Gasteiger partial charge in [0, 0.05) is 24.7 Å². The molecule has 0 radical (unpaired) electrons. The van der Waals surface area contributed by atoms with Crippen molar-refractivity contribution in [3.63, 3.8) is 0 Å². The second-order valence-electron chi connectivity index (χ2n) is 6.47. The summed E-state index contributed by atoms with van der Waals surface area (Å²) in [6.45, 7) is 6.66. The molecule has 0 aliphatic heterocycles. The summed E-state index contributed by atoms with van der Waals surface area (Å²) in [4.78, 5) is 8.99. The Balaban J connectivity index is 1.65. The molecule has 1 aliphatic rings. The number of hydrogen-bond acceptors (Lipinski definition) is 2. The van der Waals surface area contributed by atoms with Gasteiger partial charge in [-0.1, -0.05) is 30.3 Å². The predicted octanol–water partition coefficient (Wildman–Crippen LogP) is 3.18. The lowest BCUT2D eigenvalue weighted by atomic mass is 9.92. The lowest BCUT2D eigenvalue weighted by Gasteiger charge is -2.20. The van der Waals surface area contributed by atoms with Crippen LogP contribution in [0.1, 0.15) is 36.6 Å². The largest absolute Gasteiger partial charge is 0.357 e. The molecule has 0 bridgehead atoms. The molecule has 0 amide bonds. The molecule has 0 spiro atoms. The molecule has 1 fully saturated rings. The number of guanidine groups is 1. The topological polar surface area (TPSA) is 49.3 Å². The number of pyridine rings is 1. The highest BCUT2D eigenvalue weighted by Crippen LogP contribution is 2.48. The molecular weight excluding hydrogens is 296 g/mol. The van der Waals surface area contributed by atoms with Crippen LogP contribution in [-0.4, -0.2) is 24.0 Å². The highest BCUT2D eigenvalue weighted by atomic mass is 15.2. The summed E-state index contributed by atoms with van der Waals surface area (Å²) in [6, 6.07) is 14.6. The molecule has 4 nitrogen and oxygen atoms in total. The molecule has 0 atom stereocenters. The van der Waals surface area contributed by atoms with E-state index in [0.717, 1.165) is 24.7 Å². The summed E-state index contributed by atoms with van der Waals surface area (Å²) in [7, 11) is 0. The average Bonchev–Trinajstić information content (AvgIpc) is 3.40. The quantitative estimate of drug-likeness (QED) is 0.634. The van der Waals surface area contributed by atoms with Crippen LogP contribution in [0.2, 0.25) is 0 Å². The first-order valence-electron chi connectivity index (χ1n) is 8.72. The fourth-order valence-corrected chi connectivity index (χ4v) is 3.11. The van der Waals surface area contributed by atoms with Gasteiger partial charge in [-0.25, -0.2) is 4.99 Å². The van der Waals surface area contributed by atoms with E-state index >= 15 is 0 Å². The van der Waals surface area contributed by atoms with E-state index in [4.69, 9.17) is 0 Å². The first kappa shape index (κ1) is 16.5. The van der Waals surface area contributed by atoms with Crippen LogP contribution in [0.15, 0.2) is 53.7 Å². The minimum Gasteiger partial charge on any atom is -0.357 e. The SMILES string of the molecule is CCNC(=NCc1ccccn1)NCC1(c2ccccc2C)CC1. The van der Waals surface area contributed by atoms with Gasteiger partial charge in [0.15, 0.2) is 5.96 Å². The standard InChI is InChI=1S/C20H26N4/c1-3-21-19(23-14-17-9-6-7-13-22-17)24-15-20(11-12-20)18-10-5-4-8-16(18)2/h4-10,13H,3,11-12,14-15H2,1-2H3,(H2,21,23,24). The van der Waals surface area contributed by atoms with Crippen molar-refractivity contribution >= 4 is 5.96 Å². The van der Waals surface area contributed by atoms with E-state index < -0.39 is 0 Å². The van der Waals surface area contributed by atoms with E-state index in [2.05, 4.69) is 58.7 Å². The zero-order valence-electron chi connectivity index (χ0n) is 14.5. The lowest BCUT2D eigenvalue weighted by molar-refractivity contribution is 0.642. The smallest absolute Gasteiger partial charge is 0.191 e. The maximum atomic E-state index is 4.66. The Morgan fingerprint density at radius 3 is 2.58 bits per heavy atom. The van der Waals surface area contributed by atoms with E-state index in [-0.39, 0.29) is 5.41 Å². The van der Waals surface area contributed by atoms with Crippen molar-refractivity contribution in [2.24, 2.45) is 4.99 Å². The maximum absolute atomic E-state index is 4.66. The molecule has 1 aromatic carbocycles. The highest BCUT2D eigenvalue weighted by molar-refractivity contribution is 5.80. The zero-order valence-corrected chi connectivity index (χ0v) is 14.5. The minimum atomic E-state index is 0.270. The molecule has 1 aromatic heterocycles. The maximum Gasteiger partial charge on any atom is 0.191 e. The van der Waals surface area contributed by atoms with Crippen LogP contribution in [0.25, 0.3) is 0 Å². The highest BCUT2D eigenvalue weighted by Gasteiger charge is 2.44. The molecule has 126 valence electrons. The average molecular weight is 322 g/mol. The van der Waals surface area contributed by atoms with Crippen molar-refractivity contribution < 1.29 is 0 Å². The number of rotatable bonds is 6. The van der Waals surface area contributed by atoms with E-state index in [1.807, 2.05) is 24.4 Å². The molecular formula is C20H26N4. The van der Waals surface area contributed by atoms with Gasteiger partial charge in [-0.05, 0) is 49.9 Å². The van der Waals surface area contributed by atoms with Gasteiger partial charge in [-0.3, -0.25) is 4.98 Å². The summed E-state index contributed by atoms with van der Waals surface area (Å²) >= 11 is 0. The summed E-state index contributed by atoms with van der Waals surface area (Å²) in [5.41, 5.74) is 4.10. The third-order valence-electron chi connectivity index (χ3n) is 4.63. The van der Waals surface area contributed by atoms with Crippen LogP contribution < -0.4 is 10.6 Å². The molecule has 4 heteroatoms. The molecule has 24 heavy (non-hydrogen) atoms. The first-order chi connectivity index (χ1) is 11.7. The number of aryl methyl sites for hydroxylation is 1. The molecule has 0 unspecified atom stereocenters. The fourth-order valence-electron chi connectivity index (χ4n) is 3.11. The van der Waals surface area contributed by atoms with Gasteiger partial charge in [0.05, 0.1) is 12.2 Å². The van der Waals surface area contributed by atoms with Crippen LogP contribution in [-0.2, 0) is 12.0 Å². The van der Waals surface area contributed by atoms with Crippen molar-refractivity contribution in [1.29, 1.82) is 0 Å². The second kappa shape index (κ2) is 7.47. The van der Waals surface area contributed by atoms with Gasteiger partial charge >= 0.3 is 0 Å². The first-order valence-corrected chi connectivity index (χ1v) is 8.72. The molecule has 2 aromatic rings. The van der Waals surface area contributed by atoms with Gasteiger partial charge in [0.1, 0.15) is 0 Å². The molecule has 1 saturated carbocycles. The summed E-state index contributed by atoms with van der Waals surface area (Å²) < 4.78 is 0. The van der Waals surface area contributed by atoms with Crippen molar-refractivity contribution in [2.45, 2.75) is 38.6 Å². The number of nitrogens with zero attached hydrogens (tertiary/aromatic N) is 2. The summed E-state index contributed by atoms with van der Waals surface area (Å²) in [6.07, 6.45) is 4.29. The minimum absolute atomic E-state index is 0.270. The Kier molecular flexibility index (Phi) is 5.14. The van der Waals surface area contributed by atoms with Crippen molar-refractivity contribution in [3.05, 3.63) is 65.5 Å². The molecule has 1 heterocycles. The third kappa shape index (κ3) is 3.94. The van der Waals surface area contributed by atoms with Crippen LogP contribution in [0, 0.1) is 6.92 Å². The normalized spacial score (nSPS) is 15.8. The fraction of sp³-hybridized carbons (Fsp3) is 0.400. The lowest BCUT2D eigenvalue weighted by Crippen LogP contribution is -2.41. The van der Waals surface area contributed by atoms with Gasteiger partial charge < -0.3 is 10.6 Å². The van der Waals surface area contributed by atoms with Gasteiger partial charge in [-0.15, -0.1) is 0 Å². The second-order valence-corrected chi connectivity index (χ2v) is 6.47. The van der Waals surface area contributed by atoms with Crippen molar-refractivity contribution in [1.82, 2.24) is 15.6 Å². The van der Waals surface area contributed by atoms with Crippen LogP contribution >= 0.6 is 0 Å². The van der Waals surface area contributed by atoms with Gasteiger partial charge in [0.2, 0.25) is 0 Å². The van der Waals surface area contributed by atoms with Gasteiger partial charge in [0.25, 0.3) is 0 Å². The van der Waals surface area contributed by atoms with Gasteiger partial charge in [-0.2, -0.15) is 0 Å². The van der Waals surface area contributed by atoms with Crippen LogP contribution in [0.4, 0.5) is 0 Å². The molecule has 1 aliphatic carbocycles. The summed E-state index contributed by atoms with van der Waals surface area (Å²) in [5, 5.41) is 6.86. The number of benzene rings is 1. The number of aliphatic imine (C=N–C) groups is 1. The molecule has 3 rings (SSSR count). The Hall–Kier alpha value is -2.36. The number of hydrogen-bond donors (Lipinski definition) is 2. The number of nitrogens with one attached hydrogen (secondary N) is 2. The van der Waals surface area contributed by atoms with Crippen LogP contribution in [0.5, 0.6) is 0 Å². The molecule has 0 saturated heterocycles. The van der Waals surface area contributed by atoms with E-state index in [9.17, 15) is 0 Å².